The maximum absolute atomic E-state index is 8.58. The van der Waals surface area contributed by atoms with Gasteiger partial charge >= 0.3 is 0 Å². The predicted octanol–water partition coefficient (Wildman–Crippen LogP) is 2.63. The molecule has 0 saturated carbocycles. The number of amides is 1. The number of hydrogen-bond acceptors (Lipinski definition) is 7. The van der Waals surface area contributed by atoms with E-state index in [9.17, 15) is 0 Å². The van der Waals surface area contributed by atoms with Gasteiger partial charge in [-0.05, 0) is 49.6 Å². The standard InChI is InChI=1S/C17H21ClN6O.CH3NO/c1-4-12-14-15(24(23-12)8-9-25-5-2)16(22-17(18)21-14)20-13-10-11(3)6-7-19-13;2-1-3/h6-7,10H,4-5,8-9H2,1-3H3,(H,19,20,21,22);1H,(H2,2,3). The number of nitrogens with one attached hydrogen (secondary N) is 1. The van der Waals surface area contributed by atoms with Crippen LogP contribution in [0, 0.1) is 6.92 Å². The van der Waals surface area contributed by atoms with E-state index in [1.807, 2.05) is 37.6 Å². The number of rotatable bonds is 7. The number of anilines is 2. The summed E-state index contributed by atoms with van der Waals surface area (Å²) in [5.74, 6) is 1.29. The fourth-order valence-electron chi connectivity index (χ4n) is 2.62. The van der Waals surface area contributed by atoms with Crippen LogP contribution in [0.2, 0.25) is 5.28 Å². The number of hydrogen-bond donors (Lipinski definition) is 2. The molecule has 28 heavy (non-hydrogen) atoms. The van der Waals surface area contributed by atoms with Crippen LogP contribution in [-0.4, -0.2) is 44.4 Å². The Morgan fingerprint density at radius 2 is 2.11 bits per heavy atom. The number of ether oxygens (including phenoxy) is 1. The number of primary amides is 1. The van der Waals surface area contributed by atoms with E-state index in [1.165, 1.54) is 0 Å². The van der Waals surface area contributed by atoms with E-state index < -0.39 is 0 Å². The lowest BCUT2D eigenvalue weighted by molar-refractivity contribution is -0.106. The van der Waals surface area contributed by atoms with Crippen molar-refractivity contribution in [1.29, 1.82) is 0 Å². The van der Waals surface area contributed by atoms with Gasteiger partial charge in [0.05, 0.1) is 18.8 Å². The molecule has 0 atom stereocenters. The summed E-state index contributed by atoms with van der Waals surface area (Å²) in [5, 5.41) is 8.09. The molecule has 0 aliphatic rings. The lowest BCUT2D eigenvalue weighted by atomic mass is 10.2. The molecule has 0 aromatic carbocycles. The first-order valence-corrected chi connectivity index (χ1v) is 9.27. The van der Waals surface area contributed by atoms with Crippen molar-refractivity contribution in [3.05, 3.63) is 34.9 Å². The third kappa shape index (κ3) is 5.37. The number of halogens is 1. The number of fused-ring (bicyclic) bond motifs is 1. The summed E-state index contributed by atoms with van der Waals surface area (Å²) < 4.78 is 7.34. The predicted molar refractivity (Wildman–Crippen MR) is 109 cm³/mol. The number of pyridine rings is 1. The Labute approximate surface area is 168 Å². The molecule has 1 amide bonds. The molecule has 3 aromatic rings. The van der Waals surface area contributed by atoms with Crippen LogP contribution in [0.25, 0.3) is 11.0 Å². The first-order valence-electron chi connectivity index (χ1n) is 8.89. The fraction of sp³-hybridized carbons (Fsp3) is 0.389. The molecule has 0 unspecified atom stereocenters. The highest BCUT2D eigenvalue weighted by Gasteiger charge is 2.18. The summed E-state index contributed by atoms with van der Waals surface area (Å²) in [6.45, 7) is 7.88. The van der Waals surface area contributed by atoms with Crippen molar-refractivity contribution in [3.8, 4) is 0 Å². The monoisotopic (exact) mass is 405 g/mol. The molecule has 0 saturated heterocycles. The van der Waals surface area contributed by atoms with Crippen molar-refractivity contribution in [2.45, 2.75) is 33.7 Å². The molecule has 3 rings (SSSR count). The highest BCUT2D eigenvalue weighted by molar-refractivity contribution is 6.28. The van der Waals surface area contributed by atoms with Crippen molar-refractivity contribution >= 4 is 40.7 Å². The second-order valence-corrected chi connectivity index (χ2v) is 6.08. The van der Waals surface area contributed by atoms with Gasteiger partial charge in [0, 0.05) is 12.8 Å². The van der Waals surface area contributed by atoms with E-state index in [0.29, 0.717) is 31.4 Å². The van der Waals surface area contributed by atoms with Crippen molar-refractivity contribution in [3.63, 3.8) is 0 Å². The zero-order valence-electron chi connectivity index (χ0n) is 16.1. The van der Waals surface area contributed by atoms with E-state index in [2.05, 4.69) is 31.1 Å². The van der Waals surface area contributed by atoms with Gasteiger partial charge in [-0.25, -0.2) is 9.97 Å². The van der Waals surface area contributed by atoms with Gasteiger partial charge in [-0.3, -0.25) is 9.48 Å². The molecule has 10 heteroatoms. The Bertz CT molecular complexity index is 930. The zero-order valence-corrected chi connectivity index (χ0v) is 16.9. The first kappa shape index (κ1) is 21.5. The molecule has 9 nitrogen and oxygen atoms in total. The summed E-state index contributed by atoms with van der Waals surface area (Å²) >= 11 is 6.14. The number of aromatic nitrogens is 5. The molecule has 0 bridgehead atoms. The average molecular weight is 406 g/mol. The summed E-state index contributed by atoms with van der Waals surface area (Å²) in [6, 6.07) is 3.89. The van der Waals surface area contributed by atoms with Gasteiger partial charge in [-0.15, -0.1) is 0 Å². The van der Waals surface area contributed by atoms with Crippen LogP contribution in [0.3, 0.4) is 0 Å². The highest BCUT2D eigenvalue weighted by Crippen LogP contribution is 2.27. The van der Waals surface area contributed by atoms with Gasteiger partial charge < -0.3 is 15.8 Å². The minimum atomic E-state index is 0.182. The summed E-state index contributed by atoms with van der Waals surface area (Å²) in [5.41, 5.74) is 7.72. The van der Waals surface area contributed by atoms with Gasteiger partial charge in [0.2, 0.25) is 11.7 Å². The second-order valence-electron chi connectivity index (χ2n) is 5.74. The lowest BCUT2D eigenvalue weighted by Gasteiger charge is -2.10. The van der Waals surface area contributed by atoms with Gasteiger partial charge in [-0.2, -0.15) is 10.1 Å². The van der Waals surface area contributed by atoms with Crippen LogP contribution in [0.5, 0.6) is 0 Å². The van der Waals surface area contributed by atoms with Crippen LogP contribution < -0.4 is 11.1 Å². The number of nitrogens with zero attached hydrogens (tertiary/aromatic N) is 5. The van der Waals surface area contributed by atoms with Gasteiger partial charge in [0.25, 0.3) is 0 Å². The molecule has 0 aliphatic heterocycles. The Balaban J connectivity index is 0.000000878. The third-order valence-corrected chi connectivity index (χ3v) is 3.95. The molecule has 0 radical (unpaired) electrons. The Morgan fingerprint density at radius 3 is 2.75 bits per heavy atom. The summed E-state index contributed by atoms with van der Waals surface area (Å²) in [4.78, 5) is 21.7. The Morgan fingerprint density at radius 1 is 1.36 bits per heavy atom. The van der Waals surface area contributed by atoms with Gasteiger partial charge in [0.1, 0.15) is 16.9 Å². The Kier molecular flexibility index (Phi) is 8.09. The minimum Gasteiger partial charge on any atom is -0.380 e. The maximum Gasteiger partial charge on any atom is 0.225 e. The second kappa shape index (κ2) is 10.5. The highest BCUT2D eigenvalue weighted by atomic mass is 35.5. The SMILES string of the molecule is CCOCCn1nc(CC)c2nc(Cl)nc(Nc3cc(C)ccn3)c21.NC=O. The van der Waals surface area contributed by atoms with Crippen LogP contribution >= 0.6 is 11.6 Å². The molecule has 0 fully saturated rings. The van der Waals surface area contributed by atoms with Crippen LogP contribution in [0.1, 0.15) is 25.1 Å². The molecule has 3 N–H and O–H groups in total. The third-order valence-electron chi connectivity index (χ3n) is 3.78. The zero-order chi connectivity index (χ0) is 20.5. The number of carbonyl (C=O) groups excluding carboxylic acids is 1. The quantitative estimate of drug-likeness (QED) is 0.352. The molecule has 150 valence electrons. The lowest BCUT2D eigenvalue weighted by Crippen LogP contribution is -2.09. The molecule has 3 aromatic heterocycles. The summed E-state index contributed by atoms with van der Waals surface area (Å²) in [6.07, 6.45) is 2.76. The van der Waals surface area contributed by atoms with E-state index in [1.54, 1.807) is 6.20 Å². The maximum atomic E-state index is 8.58. The molecule has 0 spiro atoms. The minimum absolute atomic E-state index is 0.182. The van der Waals surface area contributed by atoms with Crippen molar-refractivity contribution in [2.75, 3.05) is 18.5 Å². The smallest absolute Gasteiger partial charge is 0.225 e. The molecular formula is C18H24ClN7O2. The van der Waals surface area contributed by atoms with E-state index >= 15 is 0 Å². The van der Waals surface area contributed by atoms with Gasteiger partial charge in [0.15, 0.2) is 5.82 Å². The number of aryl methyl sites for hydroxylation is 2. The Hall–Kier alpha value is -2.78. The fourth-order valence-corrected chi connectivity index (χ4v) is 2.79. The normalized spacial score (nSPS) is 10.4. The topological polar surface area (TPSA) is 121 Å². The van der Waals surface area contributed by atoms with Crippen molar-refractivity contribution in [2.24, 2.45) is 5.73 Å². The number of carbonyl (C=O) groups is 1. The van der Waals surface area contributed by atoms with E-state index in [0.717, 1.165) is 28.7 Å². The number of nitrogens with two attached hydrogens (primary N) is 1. The summed E-state index contributed by atoms with van der Waals surface area (Å²) in [7, 11) is 0. The molecular weight excluding hydrogens is 382 g/mol. The van der Waals surface area contributed by atoms with Crippen LogP contribution in [0.15, 0.2) is 18.3 Å². The van der Waals surface area contributed by atoms with E-state index in [-0.39, 0.29) is 11.7 Å². The van der Waals surface area contributed by atoms with Crippen LogP contribution in [0.4, 0.5) is 11.6 Å². The molecule has 3 heterocycles. The average Bonchev–Trinajstić information content (AvgIpc) is 3.00. The van der Waals surface area contributed by atoms with E-state index in [4.69, 9.17) is 21.1 Å². The molecule has 0 aliphatic carbocycles. The van der Waals surface area contributed by atoms with Crippen molar-refractivity contribution < 1.29 is 9.53 Å². The van der Waals surface area contributed by atoms with Gasteiger partial charge in [-0.1, -0.05) is 6.92 Å². The largest absolute Gasteiger partial charge is 0.380 e. The first-order chi connectivity index (χ1) is 13.5. The van der Waals surface area contributed by atoms with Crippen LogP contribution in [-0.2, 0) is 22.5 Å². The van der Waals surface area contributed by atoms with Crippen molar-refractivity contribution in [1.82, 2.24) is 24.7 Å².